The molecule has 0 unspecified atom stereocenters. The fourth-order valence-electron chi connectivity index (χ4n) is 2.17. The molecule has 0 aliphatic rings. The van der Waals surface area contributed by atoms with Crippen LogP contribution in [0.4, 0.5) is 23.3 Å². The number of nitrogens with zero attached hydrogens (tertiary/aromatic N) is 4. The Morgan fingerprint density at radius 1 is 1.07 bits per heavy atom. The van der Waals surface area contributed by atoms with E-state index in [4.69, 9.17) is 4.42 Å². The Balaban J connectivity index is 1.42. The zero-order valence-electron chi connectivity index (χ0n) is 14.9. The fourth-order valence-corrected chi connectivity index (χ4v) is 2.17. The molecule has 0 saturated heterocycles. The fraction of sp³-hybridized carbons (Fsp3) is 0.176. The van der Waals surface area contributed by atoms with E-state index in [1.165, 1.54) is 6.07 Å². The van der Waals surface area contributed by atoms with Crippen LogP contribution in [0.15, 0.2) is 47.0 Å². The number of nitro groups is 1. The van der Waals surface area contributed by atoms with Crippen LogP contribution in [0.1, 0.15) is 16.1 Å². The van der Waals surface area contributed by atoms with Gasteiger partial charge in [0.05, 0.1) is 6.07 Å². The first-order chi connectivity index (χ1) is 13.5. The van der Waals surface area contributed by atoms with Crippen LogP contribution in [0.25, 0.3) is 0 Å². The molecule has 3 rings (SSSR count). The maximum absolute atomic E-state index is 11.8. The summed E-state index contributed by atoms with van der Waals surface area (Å²) in [5, 5.41) is 27.2. The number of carbonyl (C=O) groups excluding carboxylic acids is 1. The molecule has 0 aliphatic carbocycles. The first-order valence-electron chi connectivity index (χ1n) is 8.31. The van der Waals surface area contributed by atoms with E-state index in [1.54, 1.807) is 18.3 Å². The van der Waals surface area contributed by atoms with Gasteiger partial charge in [-0.25, -0.2) is 4.98 Å². The van der Waals surface area contributed by atoms with Gasteiger partial charge >= 0.3 is 5.88 Å². The molecule has 11 nitrogen and oxygen atoms in total. The second-order valence-electron chi connectivity index (χ2n) is 5.73. The Labute approximate surface area is 159 Å². The quantitative estimate of drug-likeness (QED) is 0.302. The van der Waals surface area contributed by atoms with E-state index >= 15 is 0 Å². The molecule has 1 amide bonds. The summed E-state index contributed by atoms with van der Waals surface area (Å²) in [7, 11) is 0. The lowest BCUT2D eigenvalue weighted by molar-refractivity contribution is -0.402. The third kappa shape index (κ3) is 5.00. The topological polar surface area (TPSA) is 148 Å². The summed E-state index contributed by atoms with van der Waals surface area (Å²) in [5.74, 6) is 0.618. The zero-order chi connectivity index (χ0) is 19.9. The lowest BCUT2D eigenvalue weighted by Crippen LogP contribution is -2.28. The van der Waals surface area contributed by atoms with Crippen LogP contribution in [0, 0.1) is 17.0 Å². The third-order valence-electron chi connectivity index (χ3n) is 3.54. The molecule has 0 bridgehead atoms. The van der Waals surface area contributed by atoms with Gasteiger partial charge in [-0.15, -0.1) is 10.2 Å². The highest BCUT2D eigenvalue weighted by atomic mass is 16.6. The predicted molar refractivity (Wildman–Crippen MR) is 100 cm³/mol. The van der Waals surface area contributed by atoms with Crippen molar-refractivity contribution in [3.63, 3.8) is 0 Å². The molecule has 3 aromatic heterocycles. The number of nitrogens with one attached hydrogen (secondary N) is 3. The highest BCUT2D eigenvalue weighted by Crippen LogP contribution is 2.15. The predicted octanol–water partition coefficient (Wildman–Crippen LogP) is 2.27. The third-order valence-corrected chi connectivity index (χ3v) is 3.54. The number of carbonyl (C=O) groups is 1. The van der Waals surface area contributed by atoms with Crippen molar-refractivity contribution in [2.24, 2.45) is 0 Å². The molecule has 11 heteroatoms. The Morgan fingerprint density at radius 3 is 2.46 bits per heavy atom. The van der Waals surface area contributed by atoms with Gasteiger partial charge in [-0.1, -0.05) is 6.07 Å². The number of aryl methyl sites for hydroxylation is 1. The molecule has 0 aromatic carbocycles. The maximum atomic E-state index is 11.8. The Morgan fingerprint density at radius 2 is 1.82 bits per heavy atom. The van der Waals surface area contributed by atoms with Crippen molar-refractivity contribution in [2.45, 2.75) is 6.92 Å². The molecule has 3 heterocycles. The molecule has 0 saturated carbocycles. The average molecular weight is 383 g/mol. The minimum absolute atomic E-state index is 0.119. The first-order valence-corrected chi connectivity index (χ1v) is 8.31. The minimum atomic E-state index is -0.704. The molecule has 0 spiro atoms. The van der Waals surface area contributed by atoms with E-state index in [0.29, 0.717) is 24.0 Å². The van der Waals surface area contributed by atoms with Gasteiger partial charge in [0.15, 0.2) is 11.6 Å². The molecular formula is C17H17N7O4. The summed E-state index contributed by atoms with van der Waals surface area (Å²) in [4.78, 5) is 25.9. The van der Waals surface area contributed by atoms with Crippen molar-refractivity contribution in [3.8, 4) is 0 Å². The van der Waals surface area contributed by atoms with E-state index in [9.17, 15) is 14.9 Å². The molecule has 3 N–H and O–H groups in total. The number of furan rings is 1. The highest BCUT2D eigenvalue weighted by Gasteiger charge is 2.16. The van der Waals surface area contributed by atoms with Crippen molar-refractivity contribution in [1.82, 2.24) is 20.5 Å². The SMILES string of the molecule is Cc1ccc(Nc2ccc(NCCNC(=O)c3ccc([N+](=O)[O-])o3)nn2)nc1. The minimum Gasteiger partial charge on any atom is -0.395 e. The number of anilines is 3. The van der Waals surface area contributed by atoms with Crippen LogP contribution in [-0.2, 0) is 0 Å². The van der Waals surface area contributed by atoms with E-state index < -0.39 is 16.7 Å². The van der Waals surface area contributed by atoms with Crippen LogP contribution in [-0.4, -0.2) is 39.1 Å². The molecule has 0 fully saturated rings. The van der Waals surface area contributed by atoms with Crippen LogP contribution < -0.4 is 16.0 Å². The van der Waals surface area contributed by atoms with Crippen molar-refractivity contribution < 1.29 is 14.1 Å². The number of pyridine rings is 1. The summed E-state index contributed by atoms with van der Waals surface area (Å²) < 4.78 is 4.82. The van der Waals surface area contributed by atoms with E-state index in [1.807, 2.05) is 19.1 Å². The van der Waals surface area contributed by atoms with Crippen molar-refractivity contribution >= 4 is 29.2 Å². The second-order valence-corrected chi connectivity index (χ2v) is 5.73. The van der Waals surface area contributed by atoms with Gasteiger partial charge in [0.25, 0.3) is 5.91 Å². The first kappa shape index (κ1) is 18.8. The van der Waals surface area contributed by atoms with E-state index in [0.717, 1.165) is 11.6 Å². The van der Waals surface area contributed by atoms with Crippen molar-refractivity contribution in [3.05, 3.63) is 64.0 Å². The molecular weight excluding hydrogens is 366 g/mol. The molecule has 28 heavy (non-hydrogen) atoms. The molecule has 144 valence electrons. The van der Waals surface area contributed by atoms with Gasteiger partial charge in [-0.2, -0.15) is 0 Å². The van der Waals surface area contributed by atoms with Crippen molar-refractivity contribution in [1.29, 1.82) is 0 Å². The van der Waals surface area contributed by atoms with Gasteiger partial charge in [-0.05, 0) is 36.8 Å². The highest BCUT2D eigenvalue weighted by molar-refractivity contribution is 5.91. The normalized spacial score (nSPS) is 10.3. The van der Waals surface area contributed by atoms with Gasteiger partial charge in [0.2, 0.25) is 0 Å². The lowest BCUT2D eigenvalue weighted by atomic mass is 10.3. The largest absolute Gasteiger partial charge is 0.433 e. The number of aromatic nitrogens is 3. The van der Waals surface area contributed by atoms with Gasteiger partial charge in [-0.3, -0.25) is 14.9 Å². The number of hydrogen-bond donors (Lipinski definition) is 3. The monoisotopic (exact) mass is 383 g/mol. The lowest BCUT2D eigenvalue weighted by Gasteiger charge is -2.07. The van der Waals surface area contributed by atoms with Crippen LogP contribution in [0.3, 0.4) is 0 Å². The van der Waals surface area contributed by atoms with Gasteiger partial charge in [0.1, 0.15) is 16.6 Å². The van der Waals surface area contributed by atoms with Crippen LogP contribution >= 0.6 is 0 Å². The summed E-state index contributed by atoms with van der Waals surface area (Å²) in [6, 6.07) is 9.65. The average Bonchev–Trinajstić information content (AvgIpc) is 3.19. The summed E-state index contributed by atoms with van der Waals surface area (Å²) >= 11 is 0. The molecule has 3 aromatic rings. The van der Waals surface area contributed by atoms with E-state index in [-0.39, 0.29) is 12.3 Å². The smallest absolute Gasteiger partial charge is 0.395 e. The summed E-state index contributed by atoms with van der Waals surface area (Å²) in [6.45, 7) is 2.61. The second kappa shape index (κ2) is 8.58. The summed E-state index contributed by atoms with van der Waals surface area (Å²) in [5.41, 5.74) is 1.06. The Bertz CT molecular complexity index is 954. The van der Waals surface area contributed by atoms with Gasteiger partial charge in [0, 0.05) is 19.3 Å². The van der Waals surface area contributed by atoms with Crippen molar-refractivity contribution in [2.75, 3.05) is 23.7 Å². The van der Waals surface area contributed by atoms with E-state index in [2.05, 4.69) is 31.1 Å². The molecule has 0 radical (unpaired) electrons. The number of amides is 1. The zero-order valence-corrected chi connectivity index (χ0v) is 14.9. The summed E-state index contributed by atoms with van der Waals surface area (Å²) in [6.07, 6.45) is 1.75. The molecule has 0 aliphatic heterocycles. The van der Waals surface area contributed by atoms with Crippen LogP contribution in [0.5, 0.6) is 0 Å². The Kier molecular flexibility index (Phi) is 5.75. The van der Waals surface area contributed by atoms with Crippen LogP contribution in [0.2, 0.25) is 0 Å². The number of hydrogen-bond acceptors (Lipinski definition) is 9. The standard InChI is InChI=1S/C17H17N7O4/c1-11-2-4-13(20-10-11)21-15-6-5-14(22-23-15)18-8-9-19-17(25)12-3-7-16(28-12)24(26)27/h2-7,10H,8-9H2,1H3,(H,18,22)(H,19,25)(H,20,21,23). The molecule has 0 atom stereocenters. The maximum Gasteiger partial charge on any atom is 0.433 e. The Hall–Kier alpha value is -4.02. The van der Waals surface area contributed by atoms with Gasteiger partial charge < -0.3 is 20.4 Å². The number of rotatable bonds is 8.